The SMILES string of the molecule is Cc1cc(C(=O)Nc2ccccc2)ns1. The van der Waals surface area contributed by atoms with Crippen molar-refractivity contribution in [2.24, 2.45) is 0 Å². The van der Waals surface area contributed by atoms with Crippen molar-refractivity contribution in [3.05, 3.63) is 47.0 Å². The molecule has 0 saturated heterocycles. The number of benzene rings is 1. The summed E-state index contributed by atoms with van der Waals surface area (Å²) >= 11 is 1.33. The first-order valence-corrected chi connectivity index (χ1v) is 5.33. The molecule has 1 heterocycles. The largest absolute Gasteiger partial charge is 0.321 e. The van der Waals surface area contributed by atoms with Gasteiger partial charge in [0.2, 0.25) is 0 Å². The smallest absolute Gasteiger partial charge is 0.275 e. The molecule has 2 aromatic rings. The first-order valence-electron chi connectivity index (χ1n) is 4.55. The predicted octanol–water partition coefficient (Wildman–Crippen LogP) is 2.70. The number of hydrogen-bond donors (Lipinski definition) is 1. The molecule has 15 heavy (non-hydrogen) atoms. The molecule has 0 radical (unpaired) electrons. The van der Waals surface area contributed by atoms with E-state index in [4.69, 9.17) is 0 Å². The summed E-state index contributed by atoms with van der Waals surface area (Å²) in [4.78, 5) is 12.7. The molecule has 1 aromatic carbocycles. The van der Waals surface area contributed by atoms with Crippen LogP contribution in [0.2, 0.25) is 0 Å². The minimum atomic E-state index is -0.162. The number of carbonyl (C=O) groups excluding carboxylic acids is 1. The van der Waals surface area contributed by atoms with Crippen LogP contribution in [-0.4, -0.2) is 10.3 Å². The molecule has 0 fully saturated rings. The Labute approximate surface area is 91.9 Å². The van der Waals surface area contributed by atoms with Crippen LogP contribution < -0.4 is 5.32 Å². The van der Waals surface area contributed by atoms with Crippen molar-refractivity contribution in [2.45, 2.75) is 6.92 Å². The molecule has 3 nitrogen and oxygen atoms in total. The van der Waals surface area contributed by atoms with Gasteiger partial charge in [0.25, 0.3) is 5.91 Å². The fourth-order valence-corrected chi connectivity index (χ4v) is 1.73. The lowest BCUT2D eigenvalue weighted by molar-refractivity contribution is 0.102. The second kappa shape index (κ2) is 4.23. The zero-order chi connectivity index (χ0) is 10.7. The van der Waals surface area contributed by atoms with Crippen molar-refractivity contribution in [3.8, 4) is 0 Å². The van der Waals surface area contributed by atoms with E-state index in [1.165, 1.54) is 11.5 Å². The van der Waals surface area contributed by atoms with E-state index in [-0.39, 0.29) is 5.91 Å². The van der Waals surface area contributed by atoms with E-state index < -0.39 is 0 Å². The number of hydrogen-bond acceptors (Lipinski definition) is 3. The minimum Gasteiger partial charge on any atom is -0.321 e. The van der Waals surface area contributed by atoms with Crippen LogP contribution in [0.4, 0.5) is 5.69 Å². The molecule has 0 bridgehead atoms. The topological polar surface area (TPSA) is 42.0 Å². The molecule has 0 aliphatic rings. The van der Waals surface area contributed by atoms with Crippen molar-refractivity contribution in [1.29, 1.82) is 0 Å². The molecule has 0 aliphatic heterocycles. The lowest BCUT2D eigenvalue weighted by atomic mass is 10.3. The maximum Gasteiger partial charge on any atom is 0.275 e. The molecule has 1 N–H and O–H groups in total. The number of anilines is 1. The molecular weight excluding hydrogens is 208 g/mol. The zero-order valence-electron chi connectivity index (χ0n) is 8.23. The summed E-state index contributed by atoms with van der Waals surface area (Å²) < 4.78 is 4.04. The first kappa shape index (κ1) is 9.86. The third-order valence-corrected chi connectivity index (χ3v) is 2.59. The van der Waals surface area contributed by atoms with Gasteiger partial charge in [0.15, 0.2) is 0 Å². The third kappa shape index (κ3) is 2.41. The molecule has 4 heteroatoms. The van der Waals surface area contributed by atoms with Crippen molar-refractivity contribution < 1.29 is 4.79 Å². The van der Waals surface area contributed by atoms with Crippen LogP contribution in [-0.2, 0) is 0 Å². The van der Waals surface area contributed by atoms with Crippen molar-refractivity contribution in [3.63, 3.8) is 0 Å². The molecular formula is C11H10N2OS. The van der Waals surface area contributed by atoms with Gasteiger partial charge < -0.3 is 5.32 Å². The predicted molar refractivity (Wildman–Crippen MR) is 61.2 cm³/mol. The number of aromatic nitrogens is 1. The van der Waals surface area contributed by atoms with Gasteiger partial charge in [-0.05, 0) is 36.7 Å². The van der Waals surface area contributed by atoms with E-state index >= 15 is 0 Å². The number of carbonyl (C=O) groups is 1. The van der Waals surface area contributed by atoms with E-state index in [0.717, 1.165) is 10.6 Å². The quantitative estimate of drug-likeness (QED) is 0.842. The Balaban J connectivity index is 2.11. The summed E-state index contributed by atoms with van der Waals surface area (Å²) in [5, 5.41) is 2.78. The number of para-hydroxylation sites is 1. The summed E-state index contributed by atoms with van der Waals surface area (Å²) in [6.45, 7) is 1.93. The Hall–Kier alpha value is -1.68. The Kier molecular flexibility index (Phi) is 2.78. The van der Waals surface area contributed by atoms with Crippen LogP contribution >= 0.6 is 11.5 Å². The Bertz CT molecular complexity index is 464. The van der Waals surface area contributed by atoms with Crippen molar-refractivity contribution in [1.82, 2.24) is 4.37 Å². The second-order valence-corrected chi connectivity index (χ2v) is 4.15. The van der Waals surface area contributed by atoms with Gasteiger partial charge in [0.05, 0.1) is 0 Å². The molecule has 0 unspecified atom stereocenters. The maximum atomic E-state index is 11.7. The number of aryl methyl sites for hydroxylation is 1. The average molecular weight is 218 g/mol. The summed E-state index contributed by atoms with van der Waals surface area (Å²) in [5.41, 5.74) is 1.26. The summed E-state index contributed by atoms with van der Waals surface area (Å²) in [7, 11) is 0. The van der Waals surface area contributed by atoms with E-state index in [0.29, 0.717) is 5.69 Å². The second-order valence-electron chi connectivity index (χ2n) is 3.14. The van der Waals surface area contributed by atoms with E-state index in [1.54, 1.807) is 6.07 Å². The number of rotatable bonds is 2. The fourth-order valence-electron chi connectivity index (χ4n) is 1.19. The molecule has 1 aromatic heterocycles. The first-order chi connectivity index (χ1) is 7.25. The number of nitrogens with one attached hydrogen (secondary N) is 1. The highest BCUT2D eigenvalue weighted by molar-refractivity contribution is 7.05. The van der Waals surface area contributed by atoms with E-state index in [2.05, 4.69) is 9.69 Å². The zero-order valence-corrected chi connectivity index (χ0v) is 9.04. The van der Waals surface area contributed by atoms with Crippen LogP contribution in [0.1, 0.15) is 15.4 Å². The standard InChI is InChI=1S/C11H10N2OS/c1-8-7-10(13-15-8)11(14)12-9-5-3-2-4-6-9/h2-7H,1H3,(H,12,14). The van der Waals surface area contributed by atoms with E-state index in [9.17, 15) is 4.79 Å². The van der Waals surface area contributed by atoms with Crippen LogP contribution in [0.25, 0.3) is 0 Å². The van der Waals surface area contributed by atoms with Gasteiger partial charge in [0.1, 0.15) is 5.69 Å². The summed E-state index contributed by atoms with van der Waals surface area (Å²) in [6.07, 6.45) is 0. The highest BCUT2D eigenvalue weighted by Crippen LogP contribution is 2.11. The van der Waals surface area contributed by atoms with Crippen LogP contribution in [0.3, 0.4) is 0 Å². The average Bonchev–Trinajstić information content (AvgIpc) is 2.66. The third-order valence-electron chi connectivity index (χ3n) is 1.89. The molecule has 76 valence electrons. The Morgan fingerprint density at radius 2 is 2.07 bits per heavy atom. The molecule has 0 aliphatic carbocycles. The number of amides is 1. The van der Waals surface area contributed by atoms with Crippen LogP contribution in [0, 0.1) is 6.92 Å². The highest BCUT2D eigenvalue weighted by atomic mass is 32.1. The lowest BCUT2D eigenvalue weighted by Gasteiger charge is -2.01. The van der Waals surface area contributed by atoms with E-state index in [1.807, 2.05) is 37.3 Å². The molecule has 0 spiro atoms. The maximum absolute atomic E-state index is 11.7. The van der Waals surface area contributed by atoms with Gasteiger partial charge in [-0.3, -0.25) is 4.79 Å². The Morgan fingerprint density at radius 3 is 2.67 bits per heavy atom. The van der Waals surface area contributed by atoms with Gasteiger partial charge in [-0.2, -0.15) is 4.37 Å². The monoisotopic (exact) mass is 218 g/mol. The molecule has 2 rings (SSSR count). The minimum absolute atomic E-state index is 0.162. The van der Waals surface area contributed by atoms with Gasteiger partial charge in [-0.15, -0.1) is 0 Å². The summed E-state index contributed by atoms with van der Waals surface area (Å²) in [5.74, 6) is -0.162. The molecule has 1 amide bonds. The van der Waals surface area contributed by atoms with Crippen LogP contribution in [0.5, 0.6) is 0 Å². The van der Waals surface area contributed by atoms with Gasteiger partial charge in [-0.1, -0.05) is 18.2 Å². The Morgan fingerprint density at radius 1 is 1.33 bits per heavy atom. The van der Waals surface area contributed by atoms with Gasteiger partial charge in [-0.25, -0.2) is 0 Å². The molecule has 0 atom stereocenters. The lowest BCUT2D eigenvalue weighted by Crippen LogP contribution is -2.11. The number of nitrogens with zero attached hydrogens (tertiary/aromatic N) is 1. The van der Waals surface area contributed by atoms with Gasteiger partial charge >= 0.3 is 0 Å². The van der Waals surface area contributed by atoms with Gasteiger partial charge in [0, 0.05) is 10.6 Å². The normalized spacial score (nSPS) is 9.93. The van der Waals surface area contributed by atoms with Crippen molar-refractivity contribution in [2.75, 3.05) is 5.32 Å². The van der Waals surface area contributed by atoms with Crippen molar-refractivity contribution >= 4 is 23.1 Å². The molecule has 0 saturated carbocycles. The highest BCUT2D eigenvalue weighted by Gasteiger charge is 2.08. The fraction of sp³-hybridized carbons (Fsp3) is 0.0909. The summed E-state index contributed by atoms with van der Waals surface area (Å²) in [6, 6.07) is 11.1. The van der Waals surface area contributed by atoms with Crippen LogP contribution in [0.15, 0.2) is 36.4 Å².